The fraction of sp³-hybridized carbons (Fsp3) is 0.800. The van der Waals surface area contributed by atoms with Crippen molar-refractivity contribution in [1.82, 2.24) is 4.90 Å². The molecule has 2 heterocycles. The first-order chi connectivity index (χ1) is 8.81. The smallest absolute Gasteiger partial charge is 0.162 e. The number of rotatable bonds is 0. The van der Waals surface area contributed by atoms with Crippen molar-refractivity contribution in [3.63, 3.8) is 0 Å². The summed E-state index contributed by atoms with van der Waals surface area (Å²) in [6, 6.07) is 0.452. The maximum absolute atomic E-state index is 12.3. The molecule has 3 fully saturated rings. The Labute approximate surface area is 108 Å². The van der Waals surface area contributed by atoms with E-state index >= 15 is 0 Å². The van der Waals surface area contributed by atoms with Crippen molar-refractivity contribution in [3.8, 4) is 0 Å². The number of piperidine rings is 1. The zero-order valence-electron chi connectivity index (χ0n) is 10.9. The highest BCUT2D eigenvalue weighted by atomic mass is 16.5. The molecule has 0 amide bonds. The lowest BCUT2D eigenvalue weighted by atomic mass is 9.55. The Hall–Kier alpha value is -0.670. The highest BCUT2D eigenvalue weighted by molar-refractivity contribution is 5.94. The molecule has 0 N–H and O–H groups in total. The molecular formula is C15H21NO2. The summed E-state index contributed by atoms with van der Waals surface area (Å²) in [5.41, 5.74) is 1.81. The largest absolute Gasteiger partial charge is 0.365 e. The lowest BCUT2D eigenvalue weighted by molar-refractivity contribution is -0.159. The van der Waals surface area contributed by atoms with Gasteiger partial charge < -0.3 is 4.74 Å². The summed E-state index contributed by atoms with van der Waals surface area (Å²) >= 11 is 0. The molecule has 4 aliphatic rings. The van der Waals surface area contributed by atoms with Gasteiger partial charge in [0.05, 0.1) is 19.3 Å². The van der Waals surface area contributed by atoms with Crippen LogP contribution in [0, 0.1) is 11.3 Å². The number of hydrogen-bond acceptors (Lipinski definition) is 3. The van der Waals surface area contributed by atoms with Gasteiger partial charge in [-0.25, -0.2) is 0 Å². The van der Waals surface area contributed by atoms with E-state index in [2.05, 4.69) is 4.90 Å². The highest BCUT2D eigenvalue weighted by Crippen LogP contribution is 2.55. The van der Waals surface area contributed by atoms with E-state index in [0.717, 1.165) is 19.7 Å². The van der Waals surface area contributed by atoms with Gasteiger partial charge in [-0.15, -0.1) is 0 Å². The van der Waals surface area contributed by atoms with E-state index in [1.807, 2.05) is 6.08 Å². The number of carbonyl (C=O) groups excluding carboxylic acids is 1. The standard InChI is InChI=1S/C15H21NO2/c17-13-8-11-4-1-2-5-15(11)6-3-7-16-10-18-9-12(13)14(15)16/h8,12,14H,1-7,9-10H2/t12-,14+,15-/m1/s1. The second-order valence-electron chi connectivity index (χ2n) is 6.40. The van der Waals surface area contributed by atoms with E-state index < -0.39 is 0 Å². The number of hydrogen-bond donors (Lipinski definition) is 0. The molecule has 2 saturated heterocycles. The molecule has 3 heteroatoms. The fourth-order valence-corrected chi connectivity index (χ4v) is 4.93. The van der Waals surface area contributed by atoms with Crippen molar-refractivity contribution in [2.45, 2.75) is 44.6 Å². The second-order valence-corrected chi connectivity index (χ2v) is 6.40. The minimum absolute atomic E-state index is 0.112. The molecule has 0 unspecified atom stereocenters. The van der Waals surface area contributed by atoms with Crippen molar-refractivity contribution < 1.29 is 9.53 Å². The third kappa shape index (κ3) is 1.35. The fourth-order valence-electron chi connectivity index (χ4n) is 4.93. The SMILES string of the molecule is O=C1C=C2CCCC[C@@]23CCCN2COC[C@H]1[C@H]23. The molecule has 0 aromatic rings. The minimum atomic E-state index is 0.112. The monoisotopic (exact) mass is 247 g/mol. The summed E-state index contributed by atoms with van der Waals surface area (Å²) in [4.78, 5) is 14.8. The Morgan fingerprint density at radius 3 is 3.11 bits per heavy atom. The molecule has 2 aliphatic carbocycles. The normalized spacial score (nSPS) is 44.0. The zero-order chi connectivity index (χ0) is 12.2. The Morgan fingerprint density at radius 1 is 1.28 bits per heavy atom. The van der Waals surface area contributed by atoms with Crippen molar-refractivity contribution in [2.24, 2.45) is 11.3 Å². The molecule has 0 aromatic heterocycles. The van der Waals surface area contributed by atoms with E-state index in [9.17, 15) is 4.79 Å². The number of allylic oxidation sites excluding steroid dienone is 1. The Morgan fingerprint density at radius 2 is 2.17 bits per heavy atom. The maximum atomic E-state index is 12.3. The molecular weight excluding hydrogens is 226 g/mol. The van der Waals surface area contributed by atoms with E-state index in [-0.39, 0.29) is 5.92 Å². The molecule has 0 radical (unpaired) electrons. The molecule has 98 valence electrons. The van der Waals surface area contributed by atoms with Gasteiger partial charge in [0, 0.05) is 18.0 Å². The van der Waals surface area contributed by atoms with Crippen LogP contribution < -0.4 is 0 Å². The van der Waals surface area contributed by atoms with Gasteiger partial charge in [0.15, 0.2) is 5.78 Å². The van der Waals surface area contributed by atoms with Gasteiger partial charge in [-0.2, -0.15) is 0 Å². The van der Waals surface area contributed by atoms with E-state index in [0.29, 0.717) is 23.8 Å². The third-order valence-corrected chi connectivity index (χ3v) is 5.60. The van der Waals surface area contributed by atoms with Crippen LogP contribution in [0.4, 0.5) is 0 Å². The number of carbonyl (C=O) groups is 1. The van der Waals surface area contributed by atoms with Gasteiger partial charge in [-0.3, -0.25) is 9.69 Å². The predicted octanol–water partition coefficient (Wildman–Crippen LogP) is 2.12. The first-order valence-electron chi connectivity index (χ1n) is 7.38. The molecule has 1 saturated carbocycles. The molecule has 3 atom stereocenters. The van der Waals surface area contributed by atoms with E-state index in [4.69, 9.17) is 4.74 Å². The molecule has 4 rings (SSSR count). The zero-order valence-corrected chi connectivity index (χ0v) is 10.9. The molecule has 3 nitrogen and oxygen atoms in total. The first kappa shape index (κ1) is 11.2. The molecule has 2 aliphatic heterocycles. The van der Waals surface area contributed by atoms with Gasteiger partial charge >= 0.3 is 0 Å². The van der Waals surface area contributed by atoms with Crippen LogP contribution in [0.5, 0.6) is 0 Å². The van der Waals surface area contributed by atoms with Crippen LogP contribution in [0.3, 0.4) is 0 Å². The molecule has 18 heavy (non-hydrogen) atoms. The van der Waals surface area contributed by atoms with Crippen LogP contribution in [0.1, 0.15) is 38.5 Å². The van der Waals surface area contributed by atoms with Crippen molar-refractivity contribution >= 4 is 5.78 Å². The lowest BCUT2D eigenvalue weighted by Crippen LogP contribution is -2.64. The Bertz CT molecular complexity index is 411. The third-order valence-electron chi connectivity index (χ3n) is 5.60. The van der Waals surface area contributed by atoms with Crippen LogP contribution in [0.15, 0.2) is 11.6 Å². The minimum Gasteiger partial charge on any atom is -0.365 e. The van der Waals surface area contributed by atoms with Crippen LogP contribution in [-0.4, -0.2) is 36.6 Å². The van der Waals surface area contributed by atoms with Crippen LogP contribution in [0.25, 0.3) is 0 Å². The van der Waals surface area contributed by atoms with Crippen molar-refractivity contribution in [2.75, 3.05) is 19.9 Å². The number of nitrogens with zero attached hydrogens (tertiary/aromatic N) is 1. The Balaban J connectivity index is 1.83. The van der Waals surface area contributed by atoms with Gasteiger partial charge in [0.25, 0.3) is 0 Å². The van der Waals surface area contributed by atoms with Gasteiger partial charge in [0.2, 0.25) is 0 Å². The molecule has 0 aromatic carbocycles. The summed E-state index contributed by atoms with van der Waals surface area (Å²) in [6.45, 7) is 2.50. The summed E-state index contributed by atoms with van der Waals surface area (Å²) < 4.78 is 5.65. The van der Waals surface area contributed by atoms with Crippen molar-refractivity contribution in [1.29, 1.82) is 0 Å². The summed E-state index contributed by atoms with van der Waals surface area (Å²) in [7, 11) is 0. The average molecular weight is 247 g/mol. The van der Waals surface area contributed by atoms with Crippen LogP contribution in [-0.2, 0) is 9.53 Å². The lowest BCUT2D eigenvalue weighted by Gasteiger charge is -2.58. The van der Waals surface area contributed by atoms with Crippen molar-refractivity contribution in [3.05, 3.63) is 11.6 Å². The average Bonchev–Trinajstić information content (AvgIpc) is 2.41. The van der Waals surface area contributed by atoms with Gasteiger partial charge in [0.1, 0.15) is 0 Å². The first-order valence-corrected chi connectivity index (χ1v) is 7.38. The molecule has 1 spiro atoms. The number of ether oxygens (including phenoxy) is 1. The maximum Gasteiger partial charge on any atom is 0.162 e. The summed E-state index contributed by atoms with van der Waals surface area (Å²) in [6.07, 6.45) is 9.62. The van der Waals surface area contributed by atoms with Crippen LogP contribution >= 0.6 is 0 Å². The van der Waals surface area contributed by atoms with Crippen LogP contribution in [0.2, 0.25) is 0 Å². The Kier molecular flexibility index (Phi) is 2.43. The molecule has 0 bridgehead atoms. The topological polar surface area (TPSA) is 29.5 Å². The highest BCUT2D eigenvalue weighted by Gasteiger charge is 2.55. The summed E-state index contributed by atoms with van der Waals surface area (Å²) in [5.74, 6) is 0.444. The van der Waals surface area contributed by atoms with Gasteiger partial charge in [-0.1, -0.05) is 12.0 Å². The quantitative estimate of drug-likeness (QED) is 0.656. The predicted molar refractivity (Wildman–Crippen MR) is 68.0 cm³/mol. The number of ketones is 1. The summed E-state index contributed by atoms with van der Waals surface area (Å²) in [5, 5.41) is 0. The second kappa shape index (κ2) is 3.91. The van der Waals surface area contributed by atoms with E-state index in [1.165, 1.54) is 37.7 Å². The van der Waals surface area contributed by atoms with Gasteiger partial charge in [-0.05, 0) is 38.2 Å². The van der Waals surface area contributed by atoms with E-state index in [1.54, 1.807) is 0 Å².